The lowest BCUT2D eigenvalue weighted by atomic mass is 10.4. The molecule has 2 amide bonds. The first-order valence-electron chi connectivity index (χ1n) is 9.93. The van der Waals surface area contributed by atoms with E-state index in [4.69, 9.17) is 0 Å². The summed E-state index contributed by atoms with van der Waals surface area (Å²) in [6.07, 6.45) is 1.40. The average Bonchev–Trinajstić information content (AvgIpc) is 3.01. The number of amides is 2. The standard InChI is InChI=1S/C21H26FN3O3S2/c22-18-8-10-20(11-9-18)30(27,28)25-14-5-13-24(15-16-25)21(26)23-12-4-17-29-19-6-2-1-3-7-19/h1-3,6-11H,4-5,12-17H2,(H,23,26). The highest BCUT2D eigenvalue weighted by atomic mass is 32.2. The molecule has 6 nitrogen and oxygen atoms in total. The summed E-state index contributed by atoms with van der Waals surface area (Å²) in [4.78, 5) is 15.4. The van der Waals surface area contributed by atoms with Crippen LogP contribution >= 0.6 is 11.8 Å². The molecule has 3 rings (SSSR count). The Balaban J connectivity index is 1.44. The molecule has 2 aromatic carbocycles. The fourth-order valence-electron chi connectivity index (χ4n) is 3.18. The van der Waals surface area contributed by atoms with Gasteiger partial charge in [0.15, 0.2) is 0 Å². The molecule has 1 saturated heterocycles. The summed E-state index contributed by atoms with van der Waals surface area (Å²) in [5.41, 5.74) is 0. The van der Waals surface area contributed by atoms with E-state index in [0.29, 0.717) is 32.6 Å². The highest BCUT2D eigenvalue weighted by Gasteiger charge is 2.28. The van der Waals surface area contributed by atoms with Gasteiger partial charge in [0.2, 0.25) is 10.0 Å². The summed E-state index contributed by atoms with van der Waals surface area (Å²) in [5.74, 6) is 0.434. The van der Waals surface area contributed by atoms with E-state index in [2.05, 4.69) is 17.4 Å². The zero-order valence-electron chi connectivity index (χ0n) is 16.7. The number of thioether (sulfide) groups is 1. The van der Waals surface area contributed by atoms with Crippen LogP contribution in [0.4, 0.5) is 9.18 Å². The number of urea groups is 1. The van der Waals surface area contributed by atoms with Crippen LogP contribution in [-0.4, -0.2) is 62.1 Å². The van der Waals surface area contributed by atoms with Crippen LogP contribution in [0.3, 0.4) is 0 Å². The maximum absolute atomic E-state index is 13.1. The Morgan fingerprint density at radius 2 is 1.73 bits per heavy atom. The maximum Gasteiger partial charge on any atom is 0.317 e. The van der Waals surface area contributed by atoms with Crippen LogP contribution in [0.5, 0.6) is 0 Å². The van der Waals surface area contributed by atoms with E-state index in [0.717, 1.165) is 24.3 Å². The van der Waals surface area contributed by atoms with Crippen molar-refractivity contribution < 1.29 is 17.6 Å². The number of sulfonamides is 1. The number of nitrogens with zero attached hydrogens (tertiary/aromatic N) is 2. The molecule has 0 saturated carbocycles. The number of carbonyl (C=O) groups is 1. The zero-order chi connectivity index (χ0) is 21.4. The smallest absolute Gasteiger partial charge is 0.317 e. The van der Waals surface area contributed by atoms with Gasteiger partial charge in [-0.3, -0.25) is 0 Å². The van der Waals surface area contributed by atoms with Gasteiger partial charge in [0, 0.05) is 37.6 Å². The largest absolute Gasteiger partial charge is 0.338 e. The average molecular weight is 452 g/mol. The third kappa shape index (κ3) is 6.20. The topological polar surface area (TPSA) is 69.7 Å². The highest BCUT2D eigenvalue weighted by molar-refractivity contribution is 7.99. The zero-order valence-corrected chi connectivity index (χ0v) is 18.3. The lowest BCUT2D eigenvalue weighted by Gasteiger charge is -2.22. The van der Waals surface area contributed by atoms with Crippen molar-refractivity contribution in [3.8, 4) is 0 Å². The molecule has 0 radical (unpaired) electrons. The molecule has 9 heteroatoms. The normalized spacial score (nSPS) is 15.6. The molecule has 0 aliphatic carbocycles. The van der Waals surface area contributed by atoms with E-state index < -0.39 is 15.8 Å². The number of hydrogen-bond donors (Lipinski definition) is 1. The summed E-state index contributed by atoms with van der Waals surface area (Å²) in [5, 5.41) is 2.92. The second kappa shape index (κ2) is 10.8. The van der Waals surface area contributed by atoms with Crippen LogP contribution < -0.4 is 5.32 Å². The van der Waals surface area contributed by atoms with Crippen molar-refractivity contribution in [2.75, 3.05) is 38.5 Å². The van der Waals surface area contributed by atoms with E-state index in [1.165, 1.54) is 21.3 Å². The lowest BCUT2D eigenvalue weighted by molar-refractivity contribution is 0.200. The Morgan fingerprint density at radius 3 is 2.47 bits per heavy atom. The van der Waals surface area contributed by atoms with Gasteiger partial charge < -0.3 is 10.2 Å². The summed E-state index contributed by atoms with van der Waals surface area (Å²) < 4.78 is 40.0. The van der Waals surface area contributed by atoms with Crippen LogP contribution in [0.2, 0.25) is 0 Å². The minimum Gasteiger partial charge on any atom is -0.338 e. The van der Waals surface area contributed by atoms with Crippen molar-refractivity contribution in [2.24, 2.45) is 0 Å². The predicted octanol–water partition coefficient (Wildman–Crippen LogP) is 3.41. The van der Waals surface area contributed by atoms with E-state index in [1.54, 1.807) is 16.7 Å². The van der Waals surface area contributed by atoms with Crippen molar-refractivity contribution in [3.63, 3.8) is 0 Å². The second-order valence-electron chi connectivity index (χ2n) is 6.95. The van der Waals surface area contributed by atoms with Crippen molar-refractivity contribution in [1.29, 1.82) is 0 Å². The van der Waals surface area contributed by atoms with E-state index in [-0.39, 0.29) is 17.5 Å². The molecule has 0 unspecified atom stereocenters. The first-order valence-corrected chi connectivity index (χ1v) is 12.4. The molecule has 1 heterocycles. The Morgan fingerprint density at radius 1 is 1.00 bits per heavy atom. The van der Waals surface area contributed by atoms with Crippen molar-refractivity contribution in [3.05, 3.63) is 60.4 Å². The second-order valence-corrected chi connectivity index (χ2v) is 10.1. The predicted molar refractivity (Wildman–Crippen MR) is 117 cm³/mol. The summed E-state index contributed by atoms with van der Waals surface area (Å²) in [6.45, 7) is 1.95. The number of carbonyl (C=O) groups excluding carboxylic acids is 1. The van der Waals surface area contributed by atoms with Gasteiger partial charge in [0.05, 0.1) is 4.90 Å². The van der Waals surface area contributed by atoms with E-state index >= 15 is 0 Å². The van der Waals surface area contributed by atoms with Crippen molar-refractivity contribution in [1.82, 2.24) is 14.5 Å². The fourth-order valence-corrected chi connectivity index (χ4v) is 5.52. The van der Waals surface area contributed by atoms with Crippen molar-refractivity contribution in [2.45, 2.75) is 22.6 Å². The Kier molecular flexibility index (Phi) is 8.12. The van der Waals surface area contributed by atoms with Gasteiger partial charge in [-0.1, -0.05) is 18.2 Å². The fraction of sp³-hybridized carbons (Fsp3) is 0.381. The minimum atomic E-state index is -3.70. The molecular weight excluding hydrogens is 425 g/mol. The van der Waals surface area contributed by atoms with Crippen LogP contribution in [0.25, 0.3) is 0 Å². The van der Waals surface area contributed by atoms with Gasteiger partial charge in [-0.05, 0) is 55.0 Å². The minimum absolute atomic E-state index is 0.0673. The number of hydrogen-bond acceptors (Lipinski definition) is 4. The van der Waals surface area contributed by atoms with Gasteiger partial charge in [0.25, 0.3) is 0 Å². The van der Waals surface area contributed by atoms with Gasteiger partial charge >= 0.3 is 6.03 Å². The molecule has 30 heavy (non-hydrogen) atoms. The highest BCUT2D eigenvalue weighted by Crippen LogP contribution is 2.19. The number of nitrogens with one attached hydrogen (secondary N) is 1. The molecule has 0 spiro atoms. The number of halogens is 1. The van der Waals surface area contributed by atoms with Crippen LogP contribution in [0, 0.1) is 5.82 Å². The molecule has 1 aliphatic rings. The number of benzene rings is 2. The van der Waals surface area contributed by atoms with Gasteiger partial charge in [-0.15, -0.1) is 11.8 Å². The number of rotatable bonds is 7. The SMILES string of the molecule is O=C(NCCCSc1ccccc1)N1CCCN(S(=O)(=O)c2ccc(F)cc2)CC1. The van der Waals surface area contributed by atoms with Crippen LogP contribution in [-0.2, 0) is 10.0 Å². The Hall–Kier alpha value is -2.10. The third-order valence-corrected chi connectivity index (χ3v) is 7.81. The monoisotopic (exact) mass is 451 g/mol. The van der Waals surface area contributed by atoms with Gasteiger partial charge in [0.1, 0.15) is 5.82 Å². The molecule has 2 aromatic rings. The first kappa shape index (κ1) is 22.6. The molecule has 1 aliphatic heterocycles. The Labute approximate surface area is 181 Å². The van der Waals surface area contributed by atoms with E-state index in [9.17, 15) is 17.6 Å². The maximum atomic E-state index is 13.1. The van der Waals surface area contributed by atoms with Gasteiger partial charge in [-0.25, -0.2) is 17.6 Å². The van der Waals surface area contributed by atoms with Crippen molar-refractivity contribution >= 4 is 27.8 Å². The third-order valence-electron chi connectivity index (χ3n) is 4.80. The molecular formula is C21H26FN3O3S2. The summed E-state index contributed by atoms with van der Waals surface area (Å²) in [6, 6.07) is 14.8. The molecule has 0 atom stereocenters. The van der Waals surface area contributed by atoms with Crippen LogP contribution in [0.1, 0.15) is 12.8 Å². The molecule has 0 aromatic heterocycles. The Bertz CT molecular complexity index is 924. The first-order chi connectivity index (χ1) is 14.5. The van der Waals surface area contributed by atoms with Gasteiger partial charge in [-0.2, -0.15) is 4.31 Å². The van der Waals surface area contributed by atoms with E-state index in [1.807, 2.05) is 18.2 Å². The summed E-state index contributed by atoms with van der Waals surface area (Å²) in [7, 11) is -3.70. The quantitative estimate of drug-likeness (QED) is 0.517. The summed E-state index contributed by atoms with van der Waals surface area (Å²) >= 11 is 1.75. The molecule has 162 valence electrons. The molecule has 1 fully saturated rings. The molecule has 1 N–H and O–H groups in total. The van der Waals surface area contributed by atoms with Crippen LogP contribution in [0.15, 0.2) is 64.4 Å². The molecule has 0 bridgehead atoms. The lowest BCUT2D eigenvalue weighted by Crippen LogP contribution is -2.43.